The van der Waals surface area contributed by atoms with Gasteiger partial charge >= 0.3 is 0 Å². The Hall–Kier alpha value is -1.70. The zero-order valence-corrected chi connectivity index (χ0v) is 13.4. The fourth-order valence-electron chi connectivity index (χ4n) is 1.57. The smallest absolute Gasteiger partial charge is 0.215 e. The van der Waals surface area contributed by atoms with Crippen LogP contribution in [0, 0.1) is 6.92 Å². The fraction of sp³-hybridized carbons (Fsp3) is 0.583. The molecule has 0 amide bonds. The first-order valence-corrected chi connectivity index (χ1v) is 7.11. The van der Waals surface area contributed by atoms with Gasteiger partial charge in [0.05, 0.1) is 0 Å². The maximum Gasteiger partial charge on any atom is 0.215 e. The molecule has 7 nitrogen and oxygen atoms in total. The van der Waals surface area contributed by atoms with Crippen LogP contribution in [0.1, 0.15) is 32.2 Å². The van der Waals surface area contributed by atoms with Crippen LogP contribution >= 0.6 is 11.8 Å². The van der Waals surface area contributed by atoms with Gasteiger partial charge in [-0.25, -0.2) is 14.6 Å². The average molecular weight is 293 g/mol. The lowest BCUT2D eigenvalue weighted by atomic mass is 9.95. The number of hydrogen-bond acceptors (Lipinski definition) is 7. The van der Waals surface area contributed by atoms with Crippen LogP contribution in [0.4, 0.5) is 5.82 Å². The third-order valence-corrected chi connectivity index (χ3v) is 3.90. The molecule has 0 saturated heterocycles. The summed E-state index contributed by atoms with van der Waals surface area (Å²) in [7, 11) is 3.67. The van der Waals surface area contributed by atoms with E-state index < -0.39 is 0 Å². The predicted octanol–water partition coefficient (Wildman–Crippen LogP) is 1.80. The zero-order valence-electron chi connectivity index (χ0n) is 12.6. The highest BCUT2D eigenvalue weighted by Gasteiger charge is 2.22. The summed E-state index contributed by atoms with van der Waals surface area (Å²) in [5.74, 6) is 1.63. The second-order valence-corrected chi connectivity index (χ2v) is 6.47. The van der Waals surface area contributed by atoms with Gasteiger partial charge in [-0.05, 0) is 29.1 Å². The number of nitrogens with zero attached hydrogens (tertiary/aromatic N) is 6. The van der Waals surface area contributed by atoms with Crippen molar-refractivity contribution in [2.45, 2.75) is 43.3 Å². The molecule has 0 bridgehead atoms. The predicted molar refractivity (Wildman–Crippen MR) is 77.9 cm³/mol. The molecular weight excluding hydrogens is 274 g/mol. The van der Waals surface area contributed by atoms with Crippen LogP contribution in [0.5, 0.6) is 0 Å². The van der Waals surface area contributed by atoms with Crippen LogP contribution in [0.15, 0.2) is 10.2 Å². The zero-order chi connectivity index (χ0) is 14.9. The number of nitrogens with one attached hydrogen (secondary N) is 1. The van der Waals surface area contributed by atoms with Crippen LogP contribution in [-0.4, -0.2) is 37.2 Å². The van der Waals surface area contributed by atoms with Gasteiger partial charge in [-0.1, -0.05) is 20.8 Å². The van der Waals surface area contributed by atoms with E-state index in [-0.39, 0.29) is 5.41 Å². The van der Waals surface area contributed by atoms with Gasteiger partial charge in [-0.3, -0.25) is 0 Å². The number of hydrogen-bond donors (Lipinski definition) is 1. The molecule has 0 atom stereocenters. The number of anilines is 1. The minimum absolute atomic E-state index is 0.118. The molecule has 1 N–H and O–H groups in total. The van der Waals surface area contributed by atoms with Crippen LogP contribution < -0.4 is 5.32 Å². The van der Waals surface area contributed by atoms with E-state index in [9.17, 15) is 0 Å². The van der Waals surface area contributed by atoms with Crippen LogP contribution in [0.25, 0.3) is 0 Å². The Morgan fingerprint density at radius 1 is 1.20 bits per heavy atom. The van der Waals surface area contributed by atoms with E-state index in [0.717, 1.165) is 22.2 Å². The summed E-state index contributed by atoms with van der Waals surface area (Å²) in [6.45, 7) is 8.27. The van der Waals surface area contributed by atoms with Crippen molar-refractivity contribution in [3.05, 3.63) is 11.4 Å². The van der Waals surface area contributed by atoms with Gasteiger partial charge in [0.1, 0.15) is 16.7 Å². The quantitative estimate of drug-likeness (QED) is 0.864. The Morgan fingerprint density at radius 3 is 2.40 bits per heavy atom. The SMILES string of the molecule is CNc1nc(C(C)(C)C)nc(Sc2nnnn2C)c1C. The van der Waals surface area contributed by atoms with Gasteiger partial charge < -0.3 is 5.32 Å². The molecule has 2 aromatic rings. The second-order valence-electron chi connectivity index (χ2n) is 5.51. The minimum atomic E-state index is -0.118. The van der Waals surface area contributed by atoms with Crippen molar-refractivity contribution in [1.29, 1.82) is 0 Å². The summed E-state index contributed by atoms with van der Waals surface area (Å²) < 4.78 is 1.63. The molecule has 0 saturated carbocycles. The maximum absolute atomic E-state index is 4.67. The molecule has 0 unspecified atom stereocenters. The van der Waals surface area contributed by atoms with Crippen molar-refractivity contribution in [1.82, 2.24) is 30.2 Å². The summed E-state index contributed by atoms with van der Waals surface area (Å²) in [6, 6.07) is 0. The summed E-state index contributed by atoms with van der Waals surface area (Å²) in [5, 5.41) is 16.1. The van der Waals surface area contributed by atoms with Gasteiger partial charge in [0.15, 0.2) is 0 Å². The normalized spacial score (nSPS) is 11.7. The van der Waals surface area contributed by atoms with Crippen molar-refractivity contribution in [2.75, 3.05) is 12.4 Å². The van der Waals surface area contributed by atoms with Gasteiger partial charge in [-0.15, -0.1) is 5.10 Å². The Balaban J connectivity index is 2.48. The highest BCUT2D eigenvalue weighted by Crippen LogP contribution is 2.31. The van der Waals surface area contributed by atoms with Gasteiger partial charge in [-0.2, -0.15) is 0 Å². The van der Waals surface area contributed by atoms with Crippen LogP contribution in [-0.2, 0) is 12.5 Å². The lowest BCUT2D eigenvalue weighted by molar-refractivity contribution is 0.538. The summed E-state index contributed by atoms with van der Waals surface area (Å²) in [4.78, 5) is 9.25. The highest BCUT2D eigenvalue weighted by atomic mass is 32.2. The Kier molecular flexibility index (Phi) is 3.94. The van der Waals surface area contributed by atoms with E-state index in [1.54, 1.807) is 4.68 Å². The van der Waals surface area contributed by atoms with Crippen LogP contribution in [0.3, 0.4) is 0 Å². The van der Waals surface area contributed by atoms with E-state index in [4.69, 9.17) is 0 Å². The van der Waals surface area contributed by atoms with E-state index in [1.807, 2.05) is 21.0 Å². The standard InChI is InChI=1S/C12H19N7S/c1-7-8(13-5)14-10(12(2,3)4)15-9(7)20-11-16-17-18-19(11)6/h1-6H3,(H,13,14,15). The lowest BCUT2D eigenvalue weighted by Gasteiger charge is -2.19. The molecule has 0 radical (unpaired) electrons. The molecule has 2 heterocycles. The molecule has 0 spiro atoms. The molecule has 0 aliphatic carbocycles. The third kappa shape index (κ3) is 2.90. The topological polar surface area (TPSA) is 81.4 Å². The van der Waals surface area contributed by atoms with E-state index in [2.05, 4.69) is 51.6 Å². The Bertz CT molecular complexity index is 615. The summed E-state index contributed by atoms with van der Waals surface area (Å²) in [6.07, 6.45) is 0. The molecule has 0 aliphatic heterocycles. The van der Waals surface area contributed by atoms with Crippen LogP contribution in [0.2, 0.25) is 0 Å². The number of rotatable bonds is 3. The lowest BCUT2D eigenvalue weighted by Crippen LogP contribution is -2.18. The van der Waals surface area contributed by atoms with Crippen molar-refractivity contribution < 1.29 is 0 Å². The molecule has 2 rings (SSSR count). The Morgan fingerprint density at radius 2 is 1.90 bits per heavy atom. The summed E-state index contributed by atoms with van der Waals surface area (Å²) in [5.41, 5.74) is 0.876. The molecule has 0 aromatic carbocycles. The Labute approximate surface area is 122 Å². The maximum atomic E-state index is 4.67. The largest absolute Gasteiger partial charge is 0.373 e. The molecule has 0 aliphatic rings. The van der Waals surface area contributed by atoms with E-state index >= 15 is 0 Å². The fourth-order valence-corrected chi connectivity index (χ4v) is 2.37. The highest BCUT2D eigenvalue weighted by molar-refractivity contribution is 7.99. The summed E-state index contributed by atoms with van der Waals surface area (Å²) >= 11 is 1.44. The van der Waals surface area contributed by atoms with Crippen molar-refractivity contribution >= 4 is 17.6 Å². The van der Waals surface area contributed by atoms with Crippen molar-refractivity contribution in [3.63, 3.8) is 0 Å². The first kappa shape index (κ1) is 14.7. The average Bonchev–Trinajstić information content (AvgIpc) is 2.76. The van der Waals surface area contributed by atoms with Crippen molar-refractivity contribution in [3.8, 4) is 0 Å². The number of aryl methyl sites for hydroxylation is 1. The first-order valence-electron chi connectivity index (χ1n) is 6.30. The van der Waals surface area contributed by atoms with Gasteiger partial charge in [0, 0.05) is 25.1 Å². The minimum Gasteiger partial charge on any atom is -0.373 e. The van der Waals surface area contributed by atoms with E-state index in [0.29, 0.717) is 5.16 Å². The molecule has 8 heteroatoms. The molecule has 108 valence electrons. The van der Waals surface area contributed by atoms with E-state index in [1.165, 1.54) is 11.8 Å². The number of aromatic nitrogens is 6. The van der Waals surface area contributed by atoms with Gasteiger partial charge in [0.2, 0.25) is 5.16 Å². The van der Waals surface area contributed by atoms with Crippen molar-refractivity contribution in [2.24, 2.45) is 7.05 Å². The third-order valence-electron chi connectivity index (χ3n) is 2.78. The molecule has 2 aromatic heterocycles. The monoisotopic (exact) mass is 293 g/mol. The molecule has 0 fully saturated rings. The first-order chi connectivity index (χ1) is 9.32. The molecule has 20 heavy (non-hydrogen) atoms. The van der Waals surface area contributed by atoms with Gasteiger partial charge in [0.25, 0.3) is 0 Å². The number of tetrazole rings is 1. The second kappa shape index (κ2) is 5.35. The molecular formula is C12H19N7S.